The van der Waals surface area contributed by atoms with Gasteiger partial charge >= 0.3 is 0 Å². The number of benzene rings is 2. The van der Waals surface area contributed by atoms with E-state index < -0.39 is 0 Å². The van der Waals surface area contributed by atoms with Gasteiger partial charge in [0.25, 0.3) is 0 Å². The van der Waals surface area contributed by atoms with Crippen molar-refractivity contribution in [2.24, 2.45) is 0 Å². The first-order valence-corrected chi connectivity index (χ1v) is 7.72. The zero-order valence-corrected chi connectivity index (χ0v) is 13.6. The fraction of sp³-hybridized carbons (Fsp3) is 0.125. The van der Waals surface area contributed by atoms with Gasteiger partial charge in [-0.2, -0.15) is 4.98 Å². The van der Waals surface area contributed by atoms with Crippen LogP contribution in [0, 0.1) is 0 Å². The molecule has 0 radical (unpaired) electrons. The molecule has 3 rings (SSSR count). The molecule has 0 unspecified atom stereocenters. The average Bonchev–Trinajstić information content (AvgIpc) is 2.47. The topological polar surface area (TPSA) is 35.0 Å². The summed E-state index contributed by atoms with van der Waals surface area (Å²) in [5.41, 5.74) is 0. The minimum absolute atomic E-state index is 0.390. The summed E-state index contributed by atoms with van der Waals surface area (Å²) >= 11 is 9.44. The molecule has 5 heteroatoms. The summed E-state index contributed by atoms with van der Waals surface area (Å²) in [5, 5.41) is 2.64. The summed E-state index contributed by atoms with van der Waals surface area (Å²) in [6.45, 7) is 1.98. The minimum Gasteiger partial charge on any atom is -0.439 e. The van der Waals surface area contributed by atoms with E-state index in [0.717, 1.165) is 21.0 Å². The molecule has 3 aromatic rings. The van der Waals surface area contributed by atoms with Crippen LogP contribution in [0.5, 0.6) is 11.6 Å². The van der Waals surface area contributed by atoms with Crippen LogP contribution in [-0.2, 0) is 6.42 Å². The molecule has 1 heterocycles. The van der Waals surface area contributed by atoms with Gasteiger partial charge in [0, 0.05) is 17.0 Å². The second-order valence-corrected chi connectivity index (χ2v) is 5.86. The molecule has 0 aliphatic heterocycles. The third-order valence-electron chi connectivity index (χ3n) is 3.03. The van der Waals surface area contributed by atoms with E-state index in [4.69, 9.17) is 16.3 Å². The average molecular weight is 364 g/mol. The van der Waals surface area contributed by atoms with Crippen molar-refractivity contribution in [3.63, 3.8) is 0 Å². The molecule has 0 spiro atoms. The fourth-order valence-corrected chi connectivity index (χ4v) is 2.60. The van der Waals surface area contributed by atoms with Crippen LogP contribution >= 0.6 is 27.5 Å². The van der Waals surface area contributed by atoms with Crippen LogP contribution in [0.3, 0.4) is 0 Å². The number of aryl methyl sites for hydroxylation is 1. The van der Waals surface area contributed by atoms with Crippen molar-refractivity contribution in [2.45, 2.75) is 13.3 Å². The summed E-state index contributed by atoms with van der Waals surface area (Å²) in [6, 6.07) is 13.6. The second kappa shape index (κ2) is 6.00. The predicted octanol–water partition coefficient (Wildman–Crippen LogP) is 5.40. The monoisotopic (exact) mass is 362 g/mol. The summed E-state index contributed by atoms with van der Waals surface area (Å²) in [5.74, 6) is 1.85. The first kappa shape index (κ1) is 14.3. The molecule has 0 fully saturated rings. The van der Waals surface area contributed by atoms with E-state index in [2.05, 4.69) is 32.0 Å². The number of nitrogens with zero attached hydrogens (tertiary/aromatic N) is 2. The SMILES string of the molecule is CCc1nc(Cl)cc(Oc2ccc3cc(Br)ccc3c2)n1. The number of ether oxygens (including phenoxy) is 1. The molecule has 0 amide bonds. The normalized spacial score (nSPS) is 10.8. The van der Waals surface area contributed by atoms with Crippen molar-refractivity contribution >= 4 is 38.3 Å². The Hall–Kier alpha value is -1.65. The highest BCUT2D eigenvalue weighted by molar-refractivity contribution is 9.10. The number of halogens is 2. The van der Waals surface area contributed by atoms with Crippen molar-refractivity contribution in [3.8, 4) is 11.6 Å². The van der Waals surface area contributed by atoms with Crippen LogP contribution in [0.15, 0.2) is 46.9 Å². The standard InChI is InChI=1S/C16H12BrClN2O/c1-2-15-19-14(18)9-16(20-15)21-13-6-4-10-7-12(17)5-3-11(10)8-13/h3-9H,2H2,1H3. The first-order valence-electron chi connectivity index (χ1n) is 6.54. The number of rotatable bonds is 3. The van der Waals surface area contributed by atoms with E-state index in [1.54, 1.807) is 6.07 Å². The Kier molecular flexibility index (Phi) is 4.08. The van der Waals surface area contributed by atoms with Crippen LogP contribution in [0.25, 0.3) is 10.8 Å². The van der Waals surface area contributed by atoms with Crippen LogP contribution in [0.4, 0.5) is 0 Å². The Labute approximate surface area is 136 Å². The van der Waals surface area contributed by atoms with Crippen LogP contribution in [0.1, 0.15) is 12.7 Å². The van der Waals surface area contributed by atoms with Gasteiger partial charge < -0.3 is 4.74 Å². The van der Waals surface area contributed by atoms with Gasteiger partial charge in [-0.15, -0.1) is 0 Å². The van der Waals surface area contributed by atoms with Gasteiger partial charge in [-0.1, -0.05) is 46.6 Å². The summed E-state index contributed by atoms with van der Waals surface area (Å²) in [4.78, 5) is 8.44. The maximum absolute atomic E-state index is 5.97. The van der Waals surface area contributed by atoms with E-state index in [1.807, 2.05) is 37.3 Å². The van der Waals surface area contributed by atoms with E-state index in [9.17, 15) is 0 Å². The Morgan fingerprint density at radius 1 is 1.05 bits per heavy atom. The van der Waals surface area contributed by atoms with Gasteiger partial charge in [0.15, 0.2) is 0 Å². The summed E-state index contributed by atoms with van der Waals surface area (Å²) in [7, 11) is 0. The van der Waals surface area contributed by atoms with E-state index in [0.29, 0.717) is 23.3 Å². The zero-order valence-electron chi connectivity index (χ0n) is 11.3. The highest BCUT2D eigenvalue weighted by Gasteiger charge is 2.05. The lowest BCUT2D eigenvalue weighted by Gasteiger charge is -2.07. The Morgan fingerprint density at radius 3 is 2.62 bits per heavy atom. The van der Waals surface area contributed by atoms with Gasteiger partial charge in [-0.25, -0.2) is 4.98 Å². The van der Waals surface area contributed by atoms with E-state index in [-0.39, 0.29) is 0 Å². The van der Waals surface area contributed by atoms with Crippen molar-refractivity contribution in [1.29, 1.82) is 0 Å². The lowest BCUT2D eigenvalue weighted by atomic mass is 10.1. The molecule has 21 heavy (non-hydrogen) atoms. The molecule has 0 N–H and O–H groups in total. The van der Waals surface area contributed by atoms with Gasteiger partial charge in [0.1, 0.15) is 16.7 Å². The molecular weight excluding hydrogens is 352 g/mol. The molecule has 0 aliphatic carbocycles. The highest BCUT2D eigenvalue weighted by Crippen LogP contribution is 2.27. The zero-order chi connectivity index (χ0) is 14.8. The largest absolute Gasteiger partial charge is 0.439 e. The van der Waals surface area contributed by atoms with Gasteiger partial charge in [-0.3, -0.25) is 0 Å². The van der Waals surface area contributed by atoms with Crippen molar-refractivity contribution in [1.82, 2.24) is 9.97 Å². The number of hydrogen-bond acceptors (Lipinski definition) is 3. The van der Waals surface area contributed by atoms with Crippen molar-refractivity contribution in [2.75, 3.05) is 0 Å². The summed E-state index contributed by atoms with van der Waals surface area (Å²) < 4.78 is 6.85. The second-order valence-electron chi connectivity index (χ2n) is 4.55. The van der Waals surface area contributed by atoms with Crippen LogP contribution in [-0.4, -0.2) is 9.97 Å². The Balaban J connectivity index is 1.94. The molecular formula is C16H12BrClN2O. The molecule has 106 valence electrons. The molecule has 0 aliphatic rings. The number of aromatic nitrogens is 2. The fourth-order valence-electron chi connectivity index (χ4n) is 2.03. The third-order valence-corrected chi connectivity index (χ3v) is 3.72. The molecule has 1 aromatic heterocycles. The Bertz CT molecular complexity index is 807. The third kappa shape index (κ3) is 3.34. The summed E-state index contributed by atoms with van der Waals surface area (Å²) in [6.07, 6.45) is 0.711. The van der Waals surface area contributed by atoms with Gasteiger partial charge in [-0.05, 0) is 35.0 Å². The lowest BCUT2D eigenvalue weighted by molar-refractivity contribution is 0.459. The van der Waals surface area contributed by atoms with Crippen LogP contribution < -0.4 is 4.74 Å². The smallest absolute Gasteiger partial charge is 0.224 e. The first-order chi connectivity index (χ1) is 10.1. The van der Waals surface area contributed by atoms with Crippen LogP contribution in [0.2, 0.25) is 5.15 Å². The molecule has 0 saturated carbocycles. The van der Waals surface area contributed by atoms with Gasteiger partial charge in [0.05, 0.1) is 0 Å². The Morgan fingerprint density at radius 2 is 1.81 bits per heavy atom. The minimum atomic E-state index is 0.390. The van der Waals surface area contributed by atoms with Gasteiger partial charge in [0.2, 0.25) is 5.88 Å². The van der Waals surface area contributed by atoms with E-state index in [1.165, 1.54) is 0 Å². The lowest BCUT2D eigenvalue weighted by Crippen LogP contribution is -1.96. The molecule has 0 bridgehead atoms. The molecule has 0 atom stereocenters. The molecule has 0 saturated heterocycles. The number of fused-ring (bicyclic) bond motifs is 1. The number of hydrogen-bond donors (Lipinski definition) is 0. The molecule has 3 nitrogen and oxygen atoms in total. The predicted molar refractivity (Wildman–Crippen MR) is 88.1 cm³/mol. The quantitative estimate of drug-likeness (QED) is 0.584. The highest BCUT2D eigenvalue weighted by atomic mass is 79.9. The maximum atomic E-state index is 5.97. The molecule has 2 aromatic carbocycles. The van der Waals surface area contributed by atoms with E-state index >= 15 is 0 Å². The maximum Gasteiger partial charge on any atom is 0.224 e. The van der Waals surface area contributed by atoms with Crippen molar-refractivity contribution < 1.29 is 4.74 Å². The van der Waals surface area contributed by atoms with Crippen molar-refractivity contribution in [3.05, 3.63) is 57.9 Å².